The maximum absolute atomic E-state index is 10.6. The summed E-state index contributed by atoms with van der Waals surface area (Å²) in [5, 5.41) is 8.69. The van der Waals surface area contributed by atoms with Gasteiger partial charge in [-0.1, -0.05) is 0 Å². The summed E-state index contributed by atoms with van der Waals surface area (Å²) in [6.07, 6.45) is -0.0281. The molecule has 0 amide bonds. The molecule has 0 aromatic carbocycles. The molecule has 15 heavy (non-hydrogen) atoms. The van der Waals surface area contributed by atoms with Crippen molar-refractivity contribution >= 4 is 11.8 Å². The largest absolute Gasteiger partial charge is 0.481 e. The van der Waals surface area contributed by atoms with Crippen molar-refractivity contribution in [1.82, 2.24) is 4.98 Å². The molecule has 0 radical (unpaired) electrons. The lowest BCUT2D eigenvalue weighted by Gasteiger charge is -2.13. The topological polar surface area (TPSA) is 62.7 Å². The smallest absolute Gasteiger partial charge is 0.307 e. The van der Waals surface area contributed by atoms with Crippen LogP contribution in [0.15, 0.2) is 12.1 Å². The first-order valence-corrected chi connectivity index (χ1v) is 4.47. The number of hydrogen-bond acceptors (Lipinski definition) is 4. The molecule has 0 aliphatic rings. The predicted octanol–water partition coefficient (Wildman–Crippen LogP) is 0.783. The Hall–Kier alpha value is -1.78. The van der Waals surface area contributed by atoms with E-state index in [9.17, 15) is 4.79 Å². The molecular formula is C10H14N2O3. The molecule has 1 heterocycles. The van der Waals surface area contributed by atoms with E-state index in [4.69, 9.17) is 9.84 Å². The first-order chi connectivity index (χ1) is 7.02. The van der Waals surface area contributed by atoms with E-state index in [1.165, 1.54) is 7.11 Å². The zero-order valence-corrected chi connectivity index (χ0v) is 9.02. The molecule has 5 heteroatoms. The molecule has 5 nitrogen and oxygen atoms in total. The SMILES string of the molecule is COc1cc(CC(=O)O)cc(N(C)C)n1. The Kier molecular flexibility index (Phi) is 3.49. The third kappa shape index (κ3) is 3.12. The van der Waals surface area contributed by atoms with Crippen LogP contribution in [0.4, 0.5) is 5.82 Å². The molecule has 1 aromatic heterocycles. The van der Waals surface area contributed by atoms with E-state index in [1.54, 1.807) is 17.0 Å². The number of carboxylic acids is 1. The number of methoxy groups -OCH3 is 1. The lowest BCUT2D eigenvalue weighted by Crippen LogP contribution is -2.12. The van der Waals surface area contributed by atoms with Crippen LogP contribution in [0, 0.1) is 0 Å². The standard InChI is InChI=1S/C10H14N2O3/c1-12(2)8-4-7(6-10(13)14)5-9(11-8)15-3/h4-5H,6H2,1-3H3,(H,13,14). The van der Waals surface area contributed by atoms with Crippen LogP contribution in [-0.2, 0) is 11.2 Å². The van der Waals surface area contributed by atoms with Crippen molar-refractivity contribution < 1.29 is 14.6 Å². The van der Waals surface area contributed by atoms with Gasteiger partial charge in [0.2, 0.25) is 5.88 Å². The van der Waals surface area contributed by atoms with Crippen LogP contribution < -0.4 is 9.64 Å². The molecule has 1 N–H and O–H groups in total. The highest BCUT2D eigenvalue weighted by atomic mass is 16.5. The number of aliphatic carboxylic acids is 1. The van der Waals surface area contributed by atoms with Crippen LogP contribution in [0.25, 0.3) is 0 Å². The lowest BCUT2D eigenvalue weighted by molar-refractivity contribution is -0.136. The minimum absolute atomic E-state index is 0.0281. The van der Waals surface area contributed by atoms with Crippen LogP contribution in [0.2, 0.25) is 0 Å². The fourth-order valence-electron chi connectivity index (χ4n) is 1.15. The van der Waals surface area contributed by atoms with E-state index in [1.807, 2.05) is 14.1 Å². The third-order valence-electron chi connectivity index (χ3n) is 1.87. The van der Waals surface area contributed by atoms with E-state index in [2.05, 4.69) is 4.98 Å². The van der Waals surface area contributed by atoms with Crippen LogP contribution in [-0.4, -0.2) is 37.3 Å². The predicted molar refractivity (Wildman–Crippen MR) is 56.5 cm³/mol. The monoisotopic (exact) mass is 210 g/mol. The van der Waals surface area contributed by atoms with Crippen molar-refractivity contribution in [3.8, 4) is 5.88 Å². The fourth-order valence-corrected chi connectivity index (χ4v) is 1.15. The van der Waals surface area contributed by atoms with E-state index >= 15 is 0 Å². The maximum atomic E-state index is 10.6. The van der Waals surface area contributed by atoms with Gasteiger partial charge >= 0.3 is 5.97 Å². The van der Waals surface area contributed by atoms with Crippen molar-refractivity contribution in [3.63, 3.8) is 0 Å². The van der Waals surface area contributed by atoms with Gasteiger partial charge in [-0.05, 0) is 11.6 Å². The summed E-state index contributed by atoms with van der Waals surface area (Å²) < 4.78 is 5.00. The molecule has 0 saturated carbocycles. The second-order valence-corrected chi connectivity index (χ2v) is 3.34. The van der Waals surface area contributed by atoms with Gasteiger partial charge in [-0.2, -0.15) is 4.98 Å². The molecule has 0 bridgehead atoms. The van der Waals surface area contributed by atoms with Gasteiger partial charge in [0.25, 0.3) is 0 Å². The Bertz CT molecular complexity index is 364. The highest BCUT2D eigenvalue weighted by Crippen LogP contribution is 2.18. The maximum Gasteiger partial charge on any atom is 0.307 e. The second-order valence-electron chi connectivity index (χ2n) is 3.34. The average Bonchev–Trinajstić information content (AvgIpc) is 2.16. The number of aromatic nitrogens is 1. The molecule has 0 atom stereocenters. The summed E-state index contributed by atoms with van der Waals surface area (Å²) in [7, 11) is 5.19. The van der Waals surface area contributed by atoms with Gasteiger partial charge < -0.3 is 14.7 Å². The number of carboxylic acid groups (broad SMARTS) is 1. The summed E-state index contributed by atoms with van der Waals surface area (Å²) in [5.41, 5.74) is 0.679. The summed E-state index contributed by atoms with van der Waals surface area (Å²) in [6, 6.07) is 3.36. The quantitative estimate of drug-likeness (QED) is 0.795. The van der Waals surface area contributed by atoms with Crippen molar-refractivity contribution in [3.05, 3.63) is 17.7 Å². The van der Waals surface area contributed by atoms with E-state index in [0.717, 1.165) is 0 Å². The molecule has 1 aromatic rings. The van der Waals surface area contributed by atoms with Crippen LogP contribution in [0.5, 0.6) is 5.88 Å². The average molecular weight is 210 g/mol. The number of anilines is 1. The number of nitrogens with zero attached hydrogens (tertiary/aromatic N) is 2. The Morgan fingerprint density at radius 3 is 2.67 bits per heavy atom. The lowest BCUT2D eigenvalue weighted by atomic mass is 10.2. The Morgan fingerprint density at radius 2 is 2.20 bits per heavy atom. The van der Waals surface area contributed by atoms with Gasteiger partial charge in [0, 0.05) is 20.2 Å². The number of pyridine rings is 1. The van der Waals surface area contributed by atoms with Crippen molar-refractivity contribution in [2.24, 2.45) is 0 Å². The number of hydrogen-bond donors (Lipinski definition) is 1. The molecule has 0 fully saturated rings. The molecule has 82 valence electrons. The Labute approximate surface area is 88.3 Å². The first kappa shape index (κ1) is 11.3. The van der Waals surface area contributed by atoms with Gasteiger partial charge in [-0.3, -0.25) is 4.79 Å². The number of ether oxygens (including phenoxy) is 1. The first-order valence-electron chi connectivity index (χ1n) is 4.47. The Balaban J connectivity index is 3.05. The van der Waals surface area contributed by atoms with Crippen molar-refractivity contribution in [2.45, 2.75) is 6.42 Å². The molecule has 0 spiro atoms. The zero-order chi connectivity index (χ0) is 11.4. The number of carbonyl (C=O) groups is 1. The summed E-state index contributed by atoms with van der Waals surface area (Å²) in [6.45, 7) is 0. The van der Waals surface area contributed by atoms with Crippen molar-refractivity contribution in [1.29, 1.82) is 0 Å². The van der Waals surface area contributed by atoms with E-state index in [-0.39, 0.29) is 6.42 Å². The minimum atomic E-state index is -0.868. The van der Waals surface area contributed by atoms with E-state index in [0.29, 0.717) is 17.3 Å². The highest BCUT2D eigenvalue weighted by molar-refractivity contribution is 5.70. The van der Waals surface area contributed by atoms with Crippen LogP contribution in [0.1, 0.15) is 5.56 Å². The van der Waals surface area contributed by atoms with E-state index < -0.39 is 5.97 Å². The molecule has 0 aliphatic heterocycles. The molecule has 0 unspecified atom stereocenters. The molecule has 1 rings (SSSR count). The molecular weight excluding hydrogens is 196 g/mol. The number of rotatable bonds is 4. The Morgan fingerprint density at radius 1 is 1.53 bits per heavy atom. The van der Waals surface area contributed by atoms with Gasteiger partial charge in [0.1, 0.15) is 5.82 Å². The fraction of sp³-hybridized carbons (Fsp3) is 0.400. The normalized spacial score (nSPS) is 9.80. The van der Waals surface area contributed by atoms with Crippen LogP contribution >= 0.6 is 0 Å². The zero-order valence-electron chi connectivity index (χ0n) is 9.02. The van der Waals surface area contributed by atoms with Crippen molar-refractivity contribution in [2.75, 3.05) is 26.1 Å². The summed E-state index contributed by atoms with van der Waals surface area (Å²) in [5.74, 6) is 0.246. The summed E-state index contributed by atoms with van der Waals surface area (Å²) in [4.78, 5) is 16.5. The highest BCUT2D eigenvalue weighted by Gasteiger charge is 2.07. The van der Waals surface area contributed by atoms with Crippen LogP contribution in [0.3, 0.4) is 0 Å². The van der Waals surface area contributed by atoms with Gasteiger partial charge in [0.15, 0.2) is 0 Å². The molecule has 0 saturated heterocycles. The van der Waals surface area contributed by atoms with Gasteiger partial charge in [-0.25, -0.2) is 0 Å². The second kappa shape index (κ2) is 4.63. The van der Waals surface area contributed by atoms with Gasteiger partial charge in [-0.15, -0.1) is 0 Å². The molecule has 0 aliphatic carbocycles. The summed E-state index contributed by atoms with van der Waals surface area (Å²) >= 11 is 0. The third-order valence-corrected chi connectivity index (χ3v) is 1.87. The minimum Gasteiger partial charge on any atom is -0.481 e. The van der Waals surface area contributed by atoms with Gasteiger partial charge in [0.05, 0.1) is 13.5 Å².